The molecule has 0 radical (unpaired) electrons. The van der Waals surface area contributed by atoms with Crippen molar-refractivity contribution in [3.8, 4) is 0 Å². The van der Waals surface area contributed by atoms with E-state index in [1.807, 2.05) is 6.92 Å². The number of carbonyl (C=O) groups is 1. The normalized spacial score (nSPS) is 20.9. The molecule has 0 bridgehead atoms. The van der Waals surface area contributed by atoms with Crippen molar-refractivity contribution < 1.29 is 9.90 Å². The van der Waals surface area contributed by atoms with Crippen molar-refractivity contribution in [3.63, 3.8) is 0 Å². The van der Waals surface area contributed by atoms with Gasteiger partial charge in [-0.25, -0.2) is 0 Å². The largest absolute Gasteiger partial charge is 0.394 e. The highest BCUT2D eigenvalue weighted by molar-refractivity contribution is 5.78. The van der Waals surface area contributed by atoms with Gasteiger partial charge in [0.05, 0.1) is 12.6 Å². The van der Waals surface area contributed by atoms with Gasteiger partial charge in [0, 0.05) is 13.0 Å². The highest BCUT2D eigenvalue weighted by Crippen LogP contribution is 2.14. The molecule has 11 heavy (non-hydrogen) atoms. The number of likely N-dealkylation sites (tertiary alicyclic amines) is 1. The smallest absolute Gasteiger partial charge is 0.222 e. The molecule has 0 aromatic carbocycles. The van der Waals surface area contributed by atoms with Gasteiger partial charge in [-0.3, -0.25) is 4.79 Å². The summed E-state index contributed by atoms with van der Waals surface area (Å²) in [5.41, 5.74) is 0. The fraction of sp³-hybridized carbons (Fsp3) is 0.875. The van der Waals surface area contributed by atoms with Crippen molar-refractivity contribution in [3.05, 3.63) is 0 Å². The summed E-state index contributed by atoms with van der Waals surface area (Å²) >= 11 is 0. The Morgan fingerprint density at radius 1 is 1.73 bits per heavy atom. The third kappa shape index (κ3) is 1.71. The summed E-state index contributed by atoms with van der Waals surface area (Å²) in [6, 6.07) is 0.0602. The molecule has 3 heteroatoms. The monoisotopic (exact) mass is 157 g/mol. The van der Waals surface area contributed by atoms with E-state index < -0.39 is 0 Å². The minimum absolute atomic E-state index is 0.0602. The zero-order valence-electron chi connectivity index (χ0n) is 6.92. The predicted octanol–water partition coefficient (Wildman–Crippen LogP) is 0.380. The highest BCUT2D eigenvalue weighted by Gasteiger charge is 2.25. The highest BCUT2D eigenvalue weighted by atomic mass is 16.3. The predicted molar refractivity (Wildman–Crippen MR) is 42.1 cm³/mol. The first-order chi connectivity index (χ1) is 5.29. The lowest BCUT2D eigenvalue weighted by atomic mass is 10.2. The van der Waals surface area contributed by atoms with Crippen LogP contribution in [0.4, 0.5) is 0 Å². The quantitative estimate of drug-likeness (QED) is 0.643. The van der Waals surface area contributed by atoms with Crippen LogP contribution < -0.4 is 0 Å². The molecule has 1 heterocycles. The summed E-state index contributed by atoms with van der Waals surface area (Å²) in [6.45, 7) is 2.92. The number of aliphatic hydroxyl groups excluding tert-OH is 1. The molecule has 0 aliphatic carbocycles. The molecule has 1 rings (SSSR count). The van der Waals surface area contributed by atoms with Crippen LogP contribution in [-0.4, -0.2) is 35.1 Å². The lowest BCUT2D eigenvalue weighted by Gasteiger charge is -2.24. The number of amides is 1. The molecular formula is C8H15NO2. The van der Waals surface area contributed by atoms with Gasteiger partial charge in [0.1, 0.15) is 0 Å². The van der Waals surface area contributed by atoms with E-state index in [0.29, 0.717) is 6.42 Å². The van der Waals surface area contributed by atoms with Crippen LogP contribution in [0.3, 0.4) is 0 Å². The fourth-order valence-electron chi connectivity index (χ4n) is 1.50. The van der Waals surface area contributed by atoms with Gasteiger partial charge in [-0.1, -0.05) is 6.92 Å². The van der Waals surface area contributed by atoms with Crippen LogP contribution >= 0.6 is 0 Å². The van der Waals surface area contributed by atoms with Gasteiger partial charge >= 0.3 is 0 Å². The summed E-state index contributed by atoms with van der Waals surface area (Å²) in [7, 11) is 0. The van der Waals surface area contributed by atoms with Crippen molar-refractivity contribution in [2.24, 2.45) is 0 Å². The minimum Gasteiger partial charge on any atom is -0.394 e. The molecule has 3 nitrogen and oxygen atoms in total. The summed E-state index contributed by atoms with van der Waals surface area (Å²) < 4.78 is 0. The van der Waals surface area contributed by atoms with Gasteiger partial charge in [-0.2, -0.15) is 0 Å². The fourth-order valence-corrected chi connectivity index (χ4v) is 1.50. The molecular weight excluding hydrogens is 142 g/mol. The summed E-state index contributed by atoms with van der Waals surface area (Å²) in [5.74, 6) is 0.200. The van der Waals surface area contributed by atoms with Crippen molar-refractivity contribution in [2.75, 3.05) is 13.2 Å². The Kier molecular flexibility index (Phi) is 2.88. The maximum atomic E-state index is 11.1. The molecule has 1 aliphatic rings. The number of hydrogen-bond acceptors (Lipinski definition) is 2. The summed E-state index contributed by atoms with van der Waals surface area (Å²) in [5, 5.41) is 8.91. The van der Waals surface area contributed by atoms with Crippen LogP contribution in [0.5, 0.6) is 0 Å². The van der Waals surface area contributed by atoms with Gasteiger partial charge in [0.15, 0.2) is 0 Å². The van der Waals surface area contributed by atoms with Gasteiger partial charge in [0.2, 0.25) is 5.91 Å². The van der Waals surface area contributed by atoms with Gasteiger partial charge < -0.3 is 10.0 Å². The van der Waals surface area contributed by atoms with Crippen LogP contribution in [0, 0.1) is 0 Å². The standard InChI is InChI=1S/C8H15NO2/c1-2-7(6-10)9-5-3-4-8(9)11/h7,10H,2-6H2,1H3/t7-/m0/s1. The van der Waals surface area contributed by atoms with E-state index in [2.05, 4.69) is 0 Å². The number of rotatable bonds is 3. The topological polar surface area (TPSA) is 40.5 Å². The molecule has 0 aromatic rings. The van der Waals surface area contributed by atoms with Crippen LogP contribution in [0.15, 0.2) is 0 Å². The van der Waals surface area contributed by atoms with Crippen molar-refractivity contribution in [1.29, 1.82) is 0 Å². The number of aliphatic hydroxyl groups is 1. The Hall–Kier alpha value is -0.570. The Balaban J connectivity index is 2.49. The molecule has 0 aromatic heterocycles. The van der Waals surface area contributed by atoms with Crippen molar-refractivity contribution in [1.82, 2.24) is 4.90 Å². The molecule has 64 valence electrons. The maximum Gasteiger partial charge on any atom is 0.222 e. The molecule has 1 N–H and O–H groups in total. The molecule has 1 aliphatic heterocycles. The van der Waals surface area contributed by atoms with E-state index in [0.717, 1.165) is 19.4 Å². The Morgan fingerprint density at radius 2 is 2.45 bits per heavy atom. The number of hydrogen-bond donors (Lipinski definition) is 1. The molecule has 1 atom stereocenters. The van der Waals surface area contributed by atoms with Crippen molar-refractivity contribution in [2.45, 2.75) is 32.2 Å². The van der Waals surface area contributed by atoms with Crippen molar-refractivity contribution >= 4 is 5.91 Å². The Bertz CT molecular complexity index is 143. The van der Waals surface area contributed by atoms with Gasteiger partial charge in [-0.05, 0) is 12.8 Å². The molecule has 1 fully saturated rings. The average Bonchev–Trinajstić information content (AvgIpc) is 2.40. The van der Waals surface area contributed by atoms with Gasteiger partial charge in [-0.15, -0.1) is 0 Å². The summed E-state index contributed by atoms with van der Waals surface area (Å²) in [4.78, 5) is 12.9. The Morgan fingerprint density at radius 3 is 2.82 bits per heavy atom. The van der Waals surface area contributed by atoms with E-state index >= 15 is 0 Å². The van der Waals surface area contributed by atoms with Crippen LogP contribution in [0.2, 0.25) is 0 Å². The van der Waals surface area contributed by atoms with Crippen LogP contribution in [0.1, 0.15) is 26.2 Å². The SMILES string of the molecule is CC[C@@H](CO)N1CCCC1=O. The lowest BCUT2D eigenvalue weighted by Crippen LogP contribution is -2.38. The van der Waals surface area contributed by atoms with Crippen LogP contribution in [0.25, 0.3) is 0 Å². The zero-order valence-corrected chi connectivity index (χ0v) is 6.92. The molecule has 0 spiro atoms. The molecule has 1 amide bonds. The van der Waals surface area contributed by atoms with E-state index in [9.17, 15) is 4.79 Å². The summed E-state index contributed by atoms with van der Waals surface area (Å²) in [6.07, 6.45) is 2.47. The second-order valence-corrected chi connectivity index (χ2v) is 2.94. The van der Waals surface area contributed by atoms with Crippen LogP contribution in [-0.2, 0) is 4.79 Å². The Labute approximate surface area is 67.0 Å². The minimum atomic E-state index is 0.0602. The molecule has 1 saturated heterocycles. The molecule has 0 saturated carbocycles. The number of nitrogens with zero attached hydrogens (tertiary/aromatic N) is 1. The second-order valence-electron chi connectivity index (χ2n) is 2.94. The van der Waals surface area contributed by atoms with E-state index in [1.54, 1.807) is 4.90 Å². The average molecular weight is 157 g/mol. The third-order valence-electron chi connectivity index (χ3n) is 2.23. The third-order valence-corrected chi connectivity index (χ3v) is 2.23. The zero-order chi connectivity index (χ0) is 8.27. The van der Waals surface area contributed by atoms with Gasteiger partial charge in [0.25, 0.3) is 0 Å². The first kappa shape index (κ1) is 8.53. The van der Waals surface area contributed by atoms with E-state index in [4.69, 9.17) is 5.11 Å². The lowest BCUT2D eigenvalue weighted by molar-refractivity contribution is -0.130. The van der Waals surface area contributed by atoms with E-state index in [-0.39, 0.29) is 18.6 Å². The van der Waals surface area contributed by atoms with E-state index in [1.165, 1.54) is 0 Å². The second kappa shape index (κ2) is 3.72. The first-order valence-electron chi connectivity index (χ1n) is 4.20. The first-order valence-corrected chi connectivity index (χ1v) is 4.20. The number of carbonyl (C=O) groups excluding carboxylic acids is 1. The maximum absolute atomic E-state index is 11.1. The molecule has 0 unspecified atom stereocenters.